The molecule has 1 saturated carbocycles. The average Bonchev–Trinajstić information content (AvgIpc) is 3.25. The fourth-order valence-corrected chi connectivity index (χ4v) is 5.03. The first-order valence-corrected chi connectivity index (χ1v) is 8.90. The van der Waals surface area contributed by atoms with Gasteiger partial charge in [-0.3, -0.25) is 0 Å². The first-order chi connectivity index (χ1) is 10.3. The van der Waals surface area contributed by atoms with Crippen LogP contribution in [0, 0.1) is 5.92 Å². The molecule has 0 radical (unpaired) electrons. The van der Waals surface area contributed by atoms with E-state index in [0.717, 1.165) is 45.2 Å². The number of hydrogen-bond acceptors (Lipinski definition) is 3. The summed E-state index contributed by atoms with van der Waals surface area (Å²) in [4.78, 5) is 14.5. The molecule has 3 saturated heterocycles. The minimum Gasteiger partial charge on any atom is -0.442 e. The molecule has 4 heteroatoms. The molecule has 0 aromatic heterocycles. The van der Waals surface area contributed by atoms with Crippen LogP contribution in [-0.2, 0) is 9.47 Å². The number of amides is 1. The lowest BCUT2D eigenvalue weighted by Crippen LogP contribution is -2.48. The molecule has 4 fully saturated rings. The predicted molar refractivity (Wildman–Crippen MR) is 79.1 cm³/mol. The molecule has 118 valence electrons. The van der Waals surface area contributed by atoms with E-state index in [9.17, 15) is 4.79 Å². The van der Waals surface area contributed by atoms with Crippen molar-refractivity contribution in [3.05, 3.63) is 0 Å². The lowest BCUT2D eigenvalue weighted by molar-refractivity contribution is -0.0653. The monoisotopic (exact) mass is 293 g/mol. The highest BCUT2D eigenvalue weighted by Crippen LogP contribution is 2.51. The Morgan fingerprint density at radius 3 is 2.43 bits per heavy atom. The van der Waals surface area contributed by atoms with E-state index in [0.29, 0.717) is 18.1 Å². The van der Waals surface area contributed by atoms with Gasteiger partial charge in [-0.1, -0.05) is 0 Å². The van der Waals surface area contributed by atoms with Gasteiger partial charge in [-0.2, -0.15) is 0 Å². The number of carbonyl (C=O) groups is 1. The molecule has 0 spiro atoms. The van der Waals surface area contributed by atoms with E-state index < -0.39 is 0 Å². The molecule has 1 aliphatic carbocycles. The normalized spacial score (nSPS) is 37.9. The number of nitrogens with zero attached hydrogens (tertiary/aromatic N) is 1. The second kappa shape index (κ2) is 5.45. The molecule has 4 aliphatic rings. The number of piperidine rings is 1. The fraction of sp³-hybridized carbons (Fsp3) is 0.941. The van der Waals surface area contributed by atoms with Gasteiger partial charge in [0.15, 0.2) is 0 Å². The van der Waals surface area contributed by atoms with Crippen molar-refractivity contribution in [2.24, 2.45) is 5.92 Å². The zero-order valence-electron chi connectivity index (χ0n) is 12.9. The summed E-state index contributed by atoms with van der Waals surface area (Å²) < 4.78 is 12.2. The molecule has 0 N–H and O–H groups in total. The van der Waals surface area contributed by atoms with Crippen LogP contribution in [0.1, 0.15) is 64.2 Å². The second-order valence-corrected chi connectivity index (χ2v) is 7.40. The smallest absolute Gasteiger partial charge is 0.410 e. The topological polar surface area (TPSA) is 38.8 Å². The van der Waals surface area contributed by atoms with E-state index in [4.69, 9.17) is 9.47 Å². The molecular formula is C17H27NO3. The molecule has 1 amide bonds. The van der Waals surface area contributed by atoms with Crippen LogP contribution in [0.15, 0.2) is 0 Å². The van der Waals surface area contributed by atoms with E-state index in [1.807, 2.05) is 4.90 Å². The Hall–Kier alpha value is -0.770. The van der Waals surface area contributed by atoms with Crippen molar-refractivity contribution in [2.75, 3.05) is 13.1 Å². The molecule has 3 unspecified atom stereocenters. The number of carbonyl (C=O) groups excluding carboxylic acids is 1. The van der Waals surface area contributed by atoms with Crippen LogP contribution in [0.4, 0.5) is 4.79 Å². The second-order valence-electron chi connectivity index (χ2n) is 7.40. The van der Waals surface area contributed by atoms with Gasteiger partial charge in [0.05, 0.1) is 12.2 Å². The van der Waals surface area contributed by atoms with Crippen molar-refractivity contribution >= 4 is 6.09 Å². The zero-order valence-corrected chi connectivity index (χ0v) is 12.9. The van der Waals surface area contributed by atoms with Gasteiger partial charge in [0.1, 0.15) is 5.60 Å². The summed E-state index contributed by atoms with van der Waals surface area (Å²) in [6.45, 7) is 1.75. The van der Waals surface area contributed by atoms with E-state index in [-0.39, 0.29) is 11.7 Å². The van der Waals surface area contributed by atoms with Crippen molar-refractivity contribution in [3.8, 4) is 0 Å². The maximum absolute atomic E-state index is 12.6. The summed E-state index contributed by atoms with van der Waals surface area (Å²) in [5.41, 5.74) is -0.214. The van der Waals surface area contributed by atoms with E-state index >= 15 is 0 Å². The molecular weight excluding hydrogens is 266 g/mol. The van der Waals surface area contributed by atoms with E-state index in [1.54, 1.807) is 0 Å². The third-order valence-corrected chi connectivity index (χ3v) is 6.14. The summed E-state index contributed by atoms with van der Waals surface area (Å²) in [7, 11) is 0. The molecule has 0 aromatic carbocycles. The summed E-state index contributed by atoms with van der Waals surface area (Å²) >= 11 is 0. The molecule has 4 nitrogen and oxygen atoms in total. The Morgan fingerprint density at radius 2 is 1.81 bits per heavy atom. The summed E-state index contributed by atoms with van der Waals surface area (Å²) in [6, 6.07) is 0. The summed E-state index contributed by atoms with van der Waals surface area (Å²) in [6.07, 6.45) is 12.2. The Balaban J connectivity index is 1.47. The third-order valence-electron chi connectivity index (χ3n) is 6.14. The highest BCUT2D eigenvalue weighted by atomic mass is 16.6. The van der Waals surface area contributed by atoms with Crippen LogP contribution < -0.4 is 0 Å². The quantitative estimate of drug-likeness (QED) is 0.782. The van der Waals surface area contributed by atoms with Crippen LogP contribution in [-0.4, -0.2) is 41.9 Å². The van der Waals surface area contributed by atoms with Crippen LogP contribution in [0.25, 0.3) is 0 Å². The summed E-state index contributed by atoms with van der Waals surface area (Å²) in [5.74, 6) is 0.451. The van der Waals surface area contributed by atoms with Crippen molar-refractivity contribution in [2.45, 2.75) is 82.0 Å². The molecule has 3 atom stereocenters. The van der Waals surface area contributed by atoms with E-state index in [2.05, 4.69) is 0 Å². The van der Waals surface area contributed by atoms with Crippen molar-refractivity contribution < 1.29 is 14.3 Å². The maximum atomic E-state index is 12.6. The molecule has 21 heavy (non-hydrogen) atoms. The van der Waals surface area contributed by atoms with Gasteiger partial charge in [0, 0.05) is 19.0 Å². The van der Waals surface area contributed by atoms with Crippen molar-refractivity contribution in [1.29, 1.82) is 0 Å². The summed E-state index contributed by atoms with van der Waals surface area (Å²) in [5, 5.41) is 0. The van der Waals surface area contributed by atoms with Crippen LogP contribution in [0.3, 0.4) is 0 Å². The van der Waals surface area contributed by atoms with Gasteiger partial charge in [-0.05, 0) is 64.2 Å². The van der Waals surface area contributed by atoms with Crippen LogP contribution in [0.2, 0.25) is 0 Å². The SMILES string of the molecule is O=C(OC1(C2CC3CCC2O3)CCCC1)N1CCCCC1. The molecule has 3 heterocycles. The number of likely N-dealkylation sites (tertiary alicyclic amines) is 1. The number of ether oxygens (including phenoxy) is 2. The van der Waals surface area contributed by atoms with Crippen LogP contribution >= 0.6 is 0 Å². The lowest BCUT2D eigenvalue weighted by Gasteiger charge is -2.40. The first kappa shape index (κ1) is 13.9. The fourth-order valence-electron chi connectivity index (χ4n) is 5.03. The molecule has 2 bridgehead atoms. The van der Waals surface area contributed by atoms with Gasteiger partial charge < -0.3 is 14.4 Å². The van der Waals surface area contributed by atoms with Gasteiger partial charge in [-0.25, -0.2) is 4.79 Å². The van der Waals surface area contributed by atoms with Gasteiger partial charge in [0.25, 0.3) is 0 Å². The number of rotatable bonds is 2. The van der Waals surface area contributed by atoms with Gasteiger partial charge >= 0.3 is 6.09 Å². The number of fused-ring (bicyclic) bond motifs is 2. The van der Waals surface area contributed by atoms with Crippen molar-refractivity contribution in [1.82, 2.24) is 4.90 Å². The van der Waals surface area contributed by atoms with Crippen LogP contribution in [0.5, 0.6) is 0 Å². The Bertz CT molecular complexity index is 399. The van der Waals surface area contributed by atoms with Gasteiger partial charge in [-0.15, -0.1) is 0 Å². The minimum absolute atomic E-state index is 0.0561. The first-order valence-electron chi connectivity index (χ1n) is 8.90. The Morgan fingerprint density at radius 1 is 1.05 bits per heavy atom. The Labute approximate surface area is 127 Å². The third kappa shape index (κ3) is 2.45. The van der Waals surface area contributed by atoms with Gasteiger partial charge in [0.2, 0.25) is 0 Å². The Kier molecular flexibility index (Phi) is 3.60. The van der Waals surface area contributed by atoms with Crippen molar-refractivity contribution in [3.63, 3.8) is 0 Å². The molecule has 0 aromatic rings. The molecule has 3 aliphatic heterocycles. The number of hydrogen-bond donors (Lipinski definition) is 0. The largest absolute Gasteiger partial charge is 0.442 e. The average molecular weight is 293 g/mol. The minimum atomic E-state index is -0.214. The standard InChI is InChI=1S/C17H27NO3/c19-16(18-10-4-1-5-11-18)21-17(8-2-3-9-17)14-12-13-6-7-15(14)20-13/h13-15H,1-12H2. The zero-order chi connectivity index (χ0) is 14.3. The highest BCUT2D eigenvalue weighted by Gasteiger charge is 2.55. The molecule has 4 rings (SSSR count). The van der Waals surface area contributed by atoms with E-state index in [1.165, 1.54) is 32.1 Å². The lowest BCUT2D eigenvalue weighted by atomic mass is 9.75. The highest BCUT2D eigenvalue weighted by molar-refractivity contribution is 5.68. The predicted octanol–water partition coefficient (Wildman–Crippen LogP) is 3.49. The maximum Gasteiger partial charge on any atom is 0.410 e.